The van der Waals surface area contributed by atoms with Crippen molar-refractivity contribution < 1.29 is 19.0 Å². The molecule has 40 heavy (non-hydrogen) atoms. The van der Waals surface area contributed by atoms with Gasteiger partial charge >= 0.3 is 6.09 Å². The van der Waals surface area contributed by atoms with Gasteiger partial charge in [0, 0.05) is 30.6 Å². The van der Waals surface area contributed by atoms with E-state index >= 15 is 0 Å². The third-order valence-corrected chi connectivity index (χ3v) is 7.46. The molecule has 10 nitrogen and oxygen atoms in total. The number of halogens is 1. The van der Waals surface area contributed by atoms with Crippen molar-refractivity contribution in [3.05, 3.63) is 58.3 Å². The zero-order valence-electron chi connectivity index (χ0n) is 23.1. The summed E-state index contributed by atoms with van der Waals surface area (Å²) in [5.74, 6) is 1.25. The number of hydrogen-bond acceptors (Lipinski definition) is 9. The Bertz CT molecular complexity index is 1480. The number of amides is 1. The van der Waals surface area contributed by atoms with Crippen LogP contribution in [0.4, 0.5) is 20.8 Å². The first-order chi connectivity index (χ1) is 19.1. The molecule has 1 fully saturated rings. The molecule has 1 amide bonds. The van der Waals surface area contributed by atoms with E-state index in [2.05, 4.69) is 10.2 Å². The molecule has 4 heterocycles. The van der Waals surface area contributed by atoms with Crippen LogP contribution in [0.15, 0.2) is 41.8 Å². The molecule has 0 spiro atoms. The lowest BCUT2D eigenvalue weighted by Crippen LogP contribution is -2.57. The Hall–Kier alpha value is -3.77. The van der Waals surface area contributed by atoms with E-state index in [1.165, 1.54) is 23.5 Å². The normalized spacial score (nSPS) is 16.0. The number of rotatable bonds is 7. The Morgan fingerprint density at radius 1 is 1.18 bits per heavy atom. The summed E-state index contributed by atoms with van der Waals surface area (Å²) >= 11 is 1.53. The number of ether oxygens (including phenoxy) is 1. The van der Waals surface area contributed by atoms with Crippen LogP contribution in [0.25, 0.3) is 16.9 Å². The Kier molecular flexibility index (Phi) is 7.90. The highest BCUT2D eigenvalue weighted by atomic mass is 32.1. The quantitative estimate of drug-likeness (QED) is 0.334. The average Bonchev–Trinajstić information content (AvgIpc) is 3.55. The number of thiazole rings is 1. The summed E-state index contributed by atoms with van der Waals surface area (Å²) in [5.41, 5.74) is 2.68. The van der Waals surface area contributed by atoms with E-state index in [0.29, 0.717) is 26.2 Å². The maximum absolute atomic E-state index is 13.3. The number of anilines is 2. The minimum absolute atomic E-state index is 0.177. The van der Waals surface area contributed by atoms with Gasteiger partial charge in [0.15, 0.2) is 11.5 Å². The third kappa shape index (κ3) is 6.02. The van der Waals surface area contributed by atoms with Gasteiger partial charge in [-0.1, -0.05) is 6.92 Å². The number of hydrogen-bond donors (Lipinski definition) is 2. The minimum Gasteiger partial charge on any atom is -0.444 e. The van der Waals surface area contributed by atoms with Gasteiger partial charge in [-0.15, -0.1) is 16.4 Å². The summed E-state index contributed by atoms with van der Waals surface area (Å²) in [5, 5.41) is 21.3. The number of nitrogens with one attached hydrogen (secondary N) is 1. The second-order valence-corrected chi connectivity index (χ2v) is 11.6. The predicted molar refractivity (Wildman–Crippen MR) is 153 cm³/mol. The van der Waals surface area contributed by atoms with Crippen molar-refractivity contribution in [1.82, 2.24) is 24.5 Å². The number of carbonyl (C=O) groups excluding carboxylic acids is 1. The van der Waals surface area contributed by atoms with E-state index in [1.54, 1.807) is 21.5 Å². The van der Waals surface area contributed by atoms with Crippen molar-refractivity contribution in [2.45, 2.75) is 52.3 Å². The molecule has 3 aromatic heterocycles. The SMILES string of the molecule is CCc1nc2ccc(N3CCN(C(=O)OC(C)(C)C)[C@@H](CO)C3)nn2c1NCc1nc(-c2ccc(F)cc2)cs1. The number of aliphatic hydroxyl groups is 1. The Morgan fingerprint density at radius 3 is 2.65 bits per heavy atom. The number of benzene rings is 1. The molecule has 2 N–H and O–H groups in total. The highest BCUT2D eigenvalue weighted by Crippen LogP contribution is 2.26. The van der Waals surface area contributed by atoms with Gasteiger partial charge in [-0.2, -0.15) is 4.52 Å². The van der Waals surface area contributed by atoms with Crippen molar-refractivity contribution >= 4 is 34.7 Å². The van der Waals surface area contributed by atoms with Crippen molar-refractivity contribution in [3.63, 3.8) is 0 Å². The standard InChI is InChI=1S/C28H34FN7O3S/c1-5-21-26(30-14-25-32-22(17-40-25)18-6-8-19(29)9-7-18)36-23(31-21)10-11-24(33-36)34-12-13-35(20(15-34)16-37)27(38)39-28(2,3)4/h6-11,17,20,30,37H,5,12-16H2,1-4H3/t20-/m1/s1. The molecule has 0 aliphatic carbocycles. The summed E-state index contributed by atoms with van der Waals surface area (Å²) in [6.07, 6.45) is 0.300. The highest BCUT2D eigenvalue weighted by Gasteiger charge is 2.33. The lowest BCUT2D eigenvalue weighted by molar-refractivity contribution is 0.00698. The molecule has 1 aromatic carbocycles. The molecule has 1 aliphatic heterocycles. The molecule has 212 valence electrons. The summed E-state index contributed by atoms with van der Waals surface area (Å²) in [6, 6.07) is 9.75. The third-order valence-electron chi connectivity index (χ3n) is 6.61. The van der Waals surface area contributed by atoms with E-state index in [9.17, 15) is 14.3 Å². The molecule has 1 atom stereocenters. The number of aliphatic hydroxyl groups excluding tert-OH is 1. The molecule has 5 rings (SSSR count). The Labute approximate surface area is 236 Å². The lowest BCUT2D eigenvalue weighted by Gasteiger charge is -2.41. The van der Waals surface area contributed by atoms with Crippen molar-refractivity contribution in [2.24, 2.45) is 0 Å². The molecule has 1 saturated heterocycles. The number of piperazine rings is 1. The molecular formula is C28H34FN7O3S. The fourth-order valence-electron chi connectivity index (χ4n) is 4.65. The van der Waals surface area contributed by atoms with Crippen molar-refractivity contribution in [3.8, 4) is 11.3 Å². The largest absolute Gasteiger partial charge is 0.444 e. The summed E-state index contributed by atoms with van der Waals surface area (Å²) < 4.78 is 20.6. The lowest BCUT2D eigenvalue weighted by atomic mass is 10.1. The predicted octanol–water partition coefficient (Wildman–Crippen LogP) is 4.58. The zero-order chi connectivity index (χ0) is 28.4. The monoisotopic (exact) mass is 567 g/mol. The molecule has 0 saturated carbocycles. The molecular weight excluding hydrogens is 533 g/mol. The van der Waals surface area contributed by atoms with Crippen LogP contribution in [0.5, 0.6) is 0 Å². The smallest absolute Gasteiger partial charge is 0.410 e. The Morgan fingerprint density at radius 2 is 1.95 bits per heavy atom. The van der Waals surface area contributed by atoms with Gasteiger partial charge in [0.25, 0.3) is 0 Å². The second kappa shape index (κ2) is 11.4. The Balaban J connectivity index is 1.33. The zero-order valence-corrected chi connectivity index (χ0v) is 23.9. The maximum atomic E-state index is 13.3. The summed E-state index contributed by atoms with van der Waals surface area (Å²) in [7, 11) is 0. The van der Waals surface area contributed by atoms with Crippen LogP contribution in [0.1, 0.15) is 38.4 Å². The highest BCUT2D eigenvalue weighted by molar-refractivity contribution is 7.10. The molecule has 0 bridgehead atoms. The van der Waals surface area contributed by atoms with Crippen LogP contribution in [-0.4, -0.2) is 73.6 Å². The van der Waals surface area contributed by atoms with E-state index in [1.807, 2.05) is 45.2 Å². The fourth-order valence-corrected chi connectivity index (χ4v) is 5.39. The minimum atomic E-state index is -0.607. The van der Waals surface area contributed by atoms with Crippen molar-refractivity contribution in [2.75, 3.05) is 36.5 Å². The van der Waals surface area contributed by atoms with Gasteiger partial charge in [0.05, 0.1) is 30.6 Å². The molecule has 0 radical (unpaired) electrons. The van der Waals surface area contributed by atoms with E-state index in [0.717, 1.165) is 45.7 Å². The van der Waals surface area contributed by atoms with Gasteiger partial charge in [-0.3, -0.25) is 4.90 Å². The summed E-state index contributed by atoms with van der Waals surface area (Å²) in [4.78, 5) is 25.8. The van der Waals surface area contributed by atoms with Crippen LogP contribution in [0.2, 0.25) is 0 Å². The molecule has 4 aromatic rings. The number of imidazole rings is 1. The molecule has 0 unspecified atom stereocenters. The van der Waals surface area contributed by atoms with Gasteiger partial charge in [0.1, 0.15) is 22.2 Å². The van der Waals surface area contributed by atoms with Gasteiger partial charge < -0.3 is 20.1 Å². The molecule has 12 heteroatoms. The first-order valence-corrected chi connectivity index (χ1v) is 14.2. The topological polar surface area (TPSA) is 108 Å². The van der Waals surface area contributed by atoms with E-state index < -0.39 is 17.7 Å². The van der Waals surface area contributed by atoms with Crippen molar-refractivity contribution in [1.29, 1.82) is 0 Å². The molecule has 1 aliphatic rings. The summed E-state index contributed by atoms with van der Waals surface area (Å²) in [6.45, 7) is 9.23. The van der Waals surface area contributed by atoms with Crippen LogP contribution in [-0.2, 0) is 17.7 Å². The number of aromatic nitrogens is 4. The number of aryl methyl sites for hydroxylation is 1. The van der Waals surface area contributed by atoms with E-state index in [-0.39, 0.29) is 12.4 Å². The number of nitrogens with zero attached hydrogens (tertiary/aromatic N) is 6. The van der Waals surface area contributed by atoms with Gasteiger partial charge in [0.2, 0.25) is 0 Å². The number of carbonyl (C=O) groups is 1. The van der Waals surface area contributed by atoms with Crippen LogP contribution in [0, 0.1) is 5.82 Å². The van der Waals surface area contributed by atoms with Crippen LogP contribution in [0.3, 0.4) is 0 Å². The average molecular weight is 568 g/mol. The first-order valence-electron chi connectivity index (χ1n) is 13.3. The van der Waals surface area contributed by atoms with Gasteiger partial charge in [-0.05, 0) is 63.6 Å². The van der Waals surface area contributed by atoms with Gasteiger partial charge in [-0.25, -0.2) is 19.2 Å². The number of fused-ring (bicyclic) bond motifs is 1. The maximum Gasteiger partial charge on any atom is 0.410 e. The fraction of sp³-hybridized carbons (Fsp3) is 0.429. The second-order valence-electron chi connectivity index (χ2n) is 10.7. The van der Waals surface area contributed by atoms with E-state index in [4.69, 9.17) is 19.8 Å². The first kappa shape index (κ1) is 27.8. The van der Waals surface area contributed by atoms with Crippen LogP contribution < -0.4 is 10.2 Å². The van der Waals surface area contributed by atoms with Crippen LogP contribution >= 0.6 is 11.3 Å².